The van der Waals surface area contributed by atoms with E-state index in [0.717, 1.165) is 44.7 Å². The van der Waals surface area contributed by atoms with Crippen LogP contribution >= 0.6 is 11.6 Å². The van der Waals surface area contributed by atoms with Crippen LogP contribution in [0, 0.1) is 11.8 Å². The second kappa shape index (κ2) is 8.33. The predicted octanol–water partition coefficient (Wildman–Crippen LogP) is 4.17. The molecule has 5 nitrogen and oxygen atoms in total. The Bertz CT molecular complexity index is 836. The third kappa shape index (κ3) is 3.96. The first-order chi connectivity index (χ1) is 13.5. The molecule has 1 saturated carbocycles. The number of carbonyl (C=O) groups is 1. The van der Waals surface area contributed by atoms with Crippen LogP contribution in [0.4, 0.5) is 0 Å². The van der Waals surface area contributed by atoms with E-state index in [2.05, 4.69) is 0 Å². The quantitative estimate of drug-likeness (QED) is 0.731. The number of sulfonamides is 1. The molecule has 1 aromatic carbocycles. The van der Waals surface area contributed by atoms with Crippen molar-refractivity contribution in [2.75, 3.05) is 26.2 Å². The van der Waals surface area contributed by atoms with Gasteiger partial charge in [0.25, 0.3) is 5.91 Å². The molecule has 0 bridgehead atoms. The van der Waals surface area contributed by atoms with Crippen LogP contribution in [0.25, 0.3) is 0 Å². The van der Waals surface area contributed by atoms with Gasteiger partial charge in [-0.3, -0.25) is 4.79 Å². The van der Waals surface area contributed by atoms with Crippen molar-refractivity contribution in [2.24, 2.45) is 11.8 Å². The van der Waals surface area contributed by atoms with E-state index in [1.807, 2.05) is 4.90 Å². The van der Waals surface area contributed by atoms with Crippen LogP contribution in [0.15, 0.2) is 23.1 Å². The maximum Gasteiger partial charge on any atom is 0.255 e. The summed E-state index contributed by atoms with van der Waals surface area (Å²) in [5.41, 5.74) is 0.314. The zero-order valence-electron chi connectivity index (χ0n) is 16.3. The number of halogens is 1. The number of rotatable bonds is 3. The lowest BCUT2D eigenvalue weighted by molar-refractivity contribution is 0.0521. The predicted molar refractivity (Wildman–Crippen MR) is 110 cm³/mol. The lowest BCUT2D eigenvalue weighted by Crippen LogP contribution is -2.44. The lowest BCUT2D eigenvalue weighted by Gasteiger charge is -2.41. The third-order valence-corrected chi connectivity index (χ3v) is 8.92. The lowest BCUT2D eigenvalue weighted by atomic mass is 9.75. The van der Waals surface area contributed by atoms with Gasteiger partial charge in [-0.2, -0.15) is 4.31 Å². The maximum absolute atomic E-state index is 13.2. The average Bonchev–Trinajstić information content (AvgIpc) is 2.73. The fraction of sp³-hybridized carbons (Fsp3) is 0.667. The van der Waals surface area contributed by atoms with E-state index < -0.39 is 10.0 Å². The molecule has 2 heterocycles. The normalized spacial score (nSPS) is 26.7. The summed E-state index contributed by atoms with van der Waals surface area (Å²) in [4.78, 5) is 15.2. The SMILES string of the molecule is O=C(c1cc(S(=O)(=O)N2CCCCC2)ccc1Cl)N1CC[C@@H]2CCCC[C@@H]2C1. The molecule has 7 heteroatoms. The highest BCUT2D eigenvalue weighted by Crippen LogP contribution is 2.37. The van der Waals surface area contributed by atoms with Crippen LogP contribution in [0.1, 0.15) is 61.7 Å². The Hall–Kier alpha value is -1.11. The summed E-state index contributed by atoms with van der Waals surface area (Å²) in [5.74, 6) is 1.18. The van der Waals surface area contributed by atoms with Gasteiger partial charge in [0.05, 0.1) is 15.5 Å². The number of carbonyl (C=O) groups excluding carboxylic acids is 1. The summed E-state index contributed by atoms with van der Waals surface area (Å²) in [6.07, 6.45) is 8.88. The molecule has 1 aromatic rings. The molecule has 0 N–H and O–H groups in total. The standard InChI is InChI=1S/C21H29ClN2O3S/c22-20-9-8-18(28(26,27)24-11-4-1-5-12-24)14-19(20)21(25)23-13-10-16-6-2-3-7-17(16)15-23/h8-9,14,16-17H,1-7,10-13,15H2/t16-,17+/m0/s1. The molecule has 0 aromatic heterocycles. The van der Waals surface area contributed by atoms with Gasteiger partial charge in [-0.1, -0.05) is 37.3 Å². The second-order valence-electron chi connectivity index (χ2n) is 8.45. The van der Waals surface area contributed by atoms with Crippen molar-refractivity contribution in [1.82, 2.24) is 9.21 Å². The van der Waals surface area contributed by atoms with E-state index >= 15 is 0 Å². The maximum atomic E-state index is 13.2. The number of amides is 1. The smallest absolute Gasteiger partial charge is 0.255 e. The molecule has 2 saturated heterocycles. The molecule has 0 spiro atoms. The summed E-state index contributed by atoms with van der Waals surface area (Å²) in [6, 6.07) is 4.57. The number of piperidine rings is 2. The van der Waals surface area contributed by atoms with Gasteiger partial charge < -0.3 is 4.90 Å². The van der Waals surface area contributed by atoms with Crippen LogP contribution in [-0.4, -0.2) is 49.7 Å². The van der Waals surface area contributed by atoms with Crippen molar-refractivity contribution < 1.29 is 13.2 Å². The van der Waals surface area contributed by atoms with Gasteiger partial charge in [-0.05, 0) is 55.7 Å². The summed E-state index contributed by atoms with van der Waals surface area (Å²) >= 11 is 6.33. The van der Waals surface area contributed by atoms with Crippen LogP contribution in [0.2, 0.25) is 5.02 Å². The van der Waals surface area contributed by atoms with E-state index in [0.29, 0.717) is 29.6 Å². The fourth-order valence-corrected chi connectivity index (χ4v) is 6.78. The van der Waals surface area contributed by atoms with Gasteiger partial charge in [-0.15, -0.1) is 0 Å². The van der Waals surface area contributed by atoms with E-state index in [9.17, 15) is 13.2 Å². The zero-order chi connectivity index (χ0) is 19.7. The molecule has 3 fully saturated rings. The first kappa shape index (κ1) is 20.2. The molecule has 0 unspecified atom stereocenters. The van der Waals surface area contributed by atoms with Crippen LogP contribution in [0.5, 0.6) is 0 Å². The van der Waals surface area contributed by atoms with Crippen molar-refractivity contribution in [2.45, 2.75) is 56.3 Å². The molecular weight excluding hydrogens is 396 g/mol. The minimum atomic E-state index is -3.58. The minimum absolute atomic E-state index is 0.135. The monoisotopic (exact) mass is 424 g/mol. The van der Waals surface area contributed by atoms with Gasteiger partial charge in [0, 0.05) is 26.2 Å². The summed E-state index contributed by atoms with van der Waals surface area (Å²) in [6.45, 7) is 2.59. The summed E-state index contributed by atoms with van der Waals surface area (Å²) < 4.78 is 27.5. The average molecular weight is 425 g/mol. The molecule has 3 aliphatic rings. The van der Waals surface area contributed by atoms with E-state index in [1.165, 1.54) is 42.1 Å². The number of likely N-dealkylation sites (tertiary alicyclic amines) is 1. The van der Waals surface area contributed by atoms with Crippen molar-refractivity contribution in [1.29, 1.82) is 0 Å². The van der Waals surface area contributed by atoms with Crippen molar-refractivity contribution in [3.05, 3.63) is 28.8 Å². The first-order valence-electron chi connectivity index (χ1n) is 10.6. The van der Waals surface area contributed by atoms with Gasteiger partial charge in [0.2, 0.25) is 10.0 Å². The van der Waals surface area contributed by atoms with Gasteiger partial charge in [0.15, 0.2) is 0 Å². The zero-order valence-corrected chi connectivity index (χ0v) is 17.8. The Morgan fingerprint density at radius 1 is 0.929 bits per heavy atom. The van der Waals surface area contributed by atoms with E-state index in [4.69, 9.17) is 11.6 Å². The largest absolute Gasteiger partial charge is 0.338 e. The summed E-state index contributed by atoms with van der Waals surface area (Å²) in [5, 5.41) is 0.327. The summed E-state index contributed by atoms with van der Waals surface area (Å²) in [7, 11) is -3.58. The molecule has 2 atom stereocenters. The van der Waals surface area contributed by atoms with Crippen molar-refractivity contribution in [3.63, 3.8) is 0 Å². The van der Waals surface area contributed by atoms with Crippen LogP contribution < -0.4 is 0 Å². The number of hydrogen-bond donors (Lipinski definition) is 0. The Balaban J connectivity index is 1.56. The molecule has 28 heavy (non-hydrogen) atoms. The van der Waals surface area contributed by atoms with E-state index in [1.54, 1.807) is 6.07 Å². The molecular formula is C21H29ClN2O3S. The topological polar surface area (TPSA) is 57.7 Å². The molecule has 1 aliphatic carbocycles. The first-order valence-corrected chi connectivity index (χ1v) is 12.4. The number of benzene rings is 1. The van der Waals surface area contributed by atoms with Crippen LogP contribution in [0.3, 0.4) is 0 Å². The number of fused-ring (bicyclic) bond motifs is 1. The number of hydrogen-bond acceptors (Lipinski definition) is 3. The molecule has 0 radical (unpaired) electrons. The fourth-order valence-electron chi connectivity index (χ4n) is 5.04. The highest BCUT2D eigenvalue weighted by molar-refractivity contribution is 7.89. The van der Waals surface area contributed by atoms with Gasteiger partial charge >= 0.3 is 0 Å². The Kier molecular flexibility index (Phi) is 6.00. The Labute approximate surface area is 173 Å². The molecule has 1 amide bonds. The Morgan fingerprint density at radius 2 is 1.64 bits per heavy atom. The van der Waals surface area contributed by atoms with E-state index in [-0.39, 0.29) is 10.8 Å². The highest BCUT2D eigenvalue weighted by atomic mass is 35.5. The second-order valence-corrected chi connectivity index (χ2v) is 10.8. The van der Waals surface area contributed by atoms with Gasteiger partial charge in [0.1, 0.15) is 0 Å². The highest BCUT2D eigenvalue weighted by Gasteiger charge is 2.34. The molecule has 154 valence electrons. The third-order valence-electron chi connectivity index (χ3n) is 6.70. The number of nitrogens with zero attached hydrogens (tertiary/aromatic N) is 2. The molecule has 2 aliphatic heterocycles. The van der Waals surface area contributed by atoms with Crippen molar-refractivity contribution >= 4 is 27.5 Å². The Morgan fingerprint density at radius 3 is 2.39 bits per heavy atom. The molecule has 4 rings (SSSR count). The minimum Gasteiger partial charge on any atom is -0.338 e. The van der Waals surface area contributed by atoms with Crippen LogP contribution in [-0.2, 0) is 10.0 Å². The van der Waals surface area contributed by atoms with Gasteiger partial charge in [-0.25, -0.2) is 8.42 Å². The van der Waals surface area contributed by atoms with Crippen molar-refractivity contribution in [3.8, 4) is 0 Å².